The molecule has 0 radical (unpaired) electrons. The number of carbonyl (C=O) groups excluding carboxylic acids is 1. The van der Waals surface area contributed by atoms with E-state index in [-0.39, 0.29) is 12.1 Å². The highest BCUT2D eigenvalue weighted by atomic mass is 16.5. The van der Waals surface area contributed by atoms with E-state index in [9.17, 15) is 4.79 Å². The maximum atomic E-state index is 12.6. The molecule has 2 aromatic rings. The third-order valence-corrected chi connectivity index (χ3v) is 4.21. The standard InChI is InChI=1S/C19H24N4O2/c24-19(22-11-8-17-6-1-2-10-21-17)23(15-18-7-4-12-25-18)14-16-5-3-9-20-13-16/h1-3,5-6,9-10,13,18H,4,7-8,11-12,14-15H2,(H,22,24)/t18-/m0/s1. The van der Waals surface area contributed by atoms with Gasteiger partial charge in [-0.1, -0.05) is 12.1 Å². The highest BCUT2D eigenvalue weighted by Gasteiger charge is 2.22. The van der Waals surface area contributed by atoms with Crippen molar-refractivity contribution < 1.29 is 9.53 Å². The summed E-state index contributed by atoms with van der Waals surface area (Å²) < 4.78 is 5.70. The van der Waals surface area contributed by atoms with Gasteiger partial charge in [0, 0.05) is 56.9 Å². The number of nitrogens with one attached hydrogen (secondary N) is 1. The molecular formula is C19H24N4O2. The van der Waals surface area contributed by atoms with Gasteiger partial charge in [0.1, 0.15) is 0 Å². The minimum absolute atomic E-state index is 0.0738. The van der Waals surface area contributed by atoms with Crippen LogP contribution >= 0.6 is 0 Å². The monoisotopic (exact) mass is 340 g/mol. The first-order valence-electron chi connectivity index (χ1n) is 8.74. The van der Waals surface area contributed by atoms with Crippen molar-refractivity contribution in [1.82, 2.24) is 20.2 Å². The van der Waals surface area contributed by atoms with E-state index >= 15 is 0 Å². The second-order valence-corrected chi connectivity index (χ2v) is 6.18. The van der Waals surface area contributed by atoms with E-state index in [0.29, 0.717) is 26.1 Å². The highest BCUT2D eigenvalue weighted by molar-refractivity contribution is 5.74. The molecule has 1 aliphatic rings. The normalized spacial score (nSPS) is 16.6. The van der Waals surface area contributed by atoms with Crippen LogP contribution in [0.1, 0.15) is 24.1 Å². The van der Waals surface area contributed by atoms with Crippen LogP contribution in [0.5, 0.6) is 0 Å². The van der Waals surface area contributed by atoms with Crippen molar-refractivity contribution in [3.63, 3.8) is 0 Å². The number of pyridine rings is 2. The number of rotatable bonds is 7. The lowest BCUT2D eigenvalue weighted by molar-refractivity contribution is 0.0795. The first-order chi connectivity index (χ1) is 12.3. The molecule has 0 unspecified atom stereocenters. The molecule has 0 saturated carbocycles. The molecule has 6 nitrogen and oxygen atoms in total. The predicted octanol–water partition coefficient (Wildman–Crippen LogP) is 2.41. The Hall–Kier alpha value is -2.47. The van der Waals surface area contributed by atoms with Gasteiger partial charge < -0.3 is 15.0 Å². The quantitative estimate of drug-likeness (QED) is 0.840. The summed E-state index contributed by atoms with van der Waals surface area (Å²) >= 11 is 0. The van der Waals surface area contributed by atoms with Crippen molar-refractivity contribution in [2.45, 2.75) is 31.9 Å². The number of hydrogen-bond acceptors (Lipinski definition) is 4. The van der Waals surface area contributed by atoms with Crippen LogP contribution in [0.3, 0.4) is 0 Å². The zero-order valence-electron chi connectivity index (χ0n) is 14.3. The van der Waals surface area contributed by atoms with E-state index in [1.54, 1.807) is 18.6 Å². The second-order valence-electron chi connectivity index (χ2n) is 6.18. The highest BCUT2D eigenvalue weighted by Crippen LogP contribution is 2.15. The summed E-state index contributed by atoms with van der Waals surface area (Å²) in [7, 11) is 0. The first-order valence-corrected chi connectivity index (χ1v) is 8.74. The molecule has 6 heteroatoms. The molecule has 1 N–H and O–H groups in total. The summed E-state index contributed by atoms with van der Waals surface area (Å²) in [5, 5.41) is 3.00. The van der Waals surface area contributed by atoms with Gasteiger partial charge in [-0.05, 0) is 36.6 Å². The molecule has 0 spiro atoms. The Kier molecular flexibility index (Phi) is 6.34. The van der Waals surface area contributed by atoms with Gasteiger partial charge in [0.05, 0.1) is 6.10 Å². The average molecular weight is 340 g/mol. The fourth-order valence-corrected chi connectivity index (χ4v) is 2.92. The number of amides is 2. The Morgan fingerprint density at radius 1 is 1.28 bits per heavy atom. The molecule has 0 bridgehead atoms. The molecule has 3 heterocycles. The van der Waals surface area contributed by atoms with Gasteiger partial charge >= 0.3 is 6.03 Å². The van der Waals surface area contributed by atoms with E-state index < -0.39 is 0 Å². The lowest BCUT2D eigenvalue weighted by Gasteiger charge is -2.25. The lowest BCUT2D eigenvalue weighted by Crippen LogP contribution is -2.43. The van der Waals surface area contributed by atoms with Crippen molar-refractivity contribution in [2.24, 2.45) is 0 Å². The summed E-state index contributed by atoms with van der Waals surface area (Å²) in [6, 6.07) is 9.60. The zero-order valence-corrected chi connectivity index (χ0v) is 14.3. The largest absolute Gasteiger partial charge is 0.376 e. The Bertz CT molecular complexity index is 645. The molecule has 132 valence electrons. The summed E-state index contributed by atoms with van der Waals surface area (Å²) in [5.74, 6) is 0. The van der Waals surface area contributed by atoms with Crippen LogP contribution < -0.4 is 5.32 Å². The zero-order chi connectivity index (χ0) is 17.3. The molecule has 0 aromatic carbocycles. The molecular weight excluding hydrogens is 316 g/mol. The Morgan fingerprint density at radius 2 is 2.24 bits per heavy atom. The minimum atomic E-state index is -0.0738. The lowest BCUT2D eigenvalue weighted by atomic mass is 10.2. The topological polar surface area (TPSA) is 67.4 Å². The predicted molar refractivity (Wildman–Crippen MR) is 95.0 cm³/mol. The average Bonchev–Trinajstić information content (AvgIpc) is 3.16. The molecule has 2 aromatic heterocycles. The van der Waals surface area contributed by atoms with E-state index in [2.05, 4.69) is 15.3 Å². The summed E-state index contributed by atoms with van der Waals surface area (Å²) in [6.07, 6.45) is 8.21. The number of carbonyl (C=O) groups is 1. The number of hydrogen-bond donors (Lipinski definition) is 1. The summed E-state index contributed by atoms with van der Waals surface area (Å²) in [5.41, 5.74) is 1.99. The van der Waals surface area contributed by atoms with E-state index in [1.165, 1.54) is 0 Å². The Morgan fingerprint density at radius 3 is 2.96 bits per heavy atom. The maximum Gasteiger partial charge on any atom is 0.317 e. The smallest absolute Gasteiger partial charge is 0.317 e. The first kappa shape index (κ1) is 17.4. The molecule has 1 aliphatic heterocycles. The van der Waals surface area contributed by atoms with Crippen molar-refractivity contribution in [2.75, 3.05) is 19.7 Å². The van der Waals surface area contributed by atoms with Crippen LogP contribution in [0.15, 0.2) is 48.9 Å². The fraction of sp³-hybridized carbons (Fsp3) is 0.421. The molecule has 0 aliphatic carbocycles. The number of aromatic nitrogens is 2. The van der Waals surface area contributed by atoms with Crippen molar-refractivity contribution in [3.05, 3.63) is 60.2 Å². The minimum Gasteiger partial charge on any atom is -0.376 e. The second kappa shape index (κ2) is 9.13. The van der Waals surface area contributed by atoms with Gasteiger partial charge in [-0.25, -0.2) is 4.79 Å². The molecule has 2 amide bonds. The number of ether oxygens (including phenoxy) is 1. The van der Waals surface area contributed by atoms with Crippen molar-refractivity contribution >= 4 is 6.03 Å². The third-order valence-electron chi connectivity index (χ3n) is 4.21. The van der Waals surface area contributed by atoms with Crippen LogP contribution in [0, 0.1) is 0 Å². The van der Waals surface area contributed by atoms with E-state index in [0.717, 1.165) is 30.7 Å². The van der Waals surface area contributed by atoms with Crippen LogP contribution in [-0.2, 0) is 17.7 Å². The van der Waals surface area contributed by atoms with Crippen LogP contribution in [0.25, 0.3) is 0 Å². The molecule has 1 saturated heterocycles. The Labute approximate surface area is 148 Å². The molecule has 1 atom stereocenters. The molecule has 3 rings (SSSR count). The van der Waals surface area contributed by atoms with Crippen molar-refractivity contribution in [3.8, 4) is 0 Å². The van der Waals surface area contributed by atoms with E-state index in [4.69, 9.17) is 4.74 Å². The van der Waals surface area contributed by atoms with Crippen LogP contribution in [0.2, 0.25) is 0 Å². The van der Waals surface area contributed by atoms with Crippen molar-refractivity contribution in [1.29, 1.82) is 0 Å². The summed E-state index contributed by atoms with van der Waals surface area (Å²) in [4.78, 5) is 22.9. The van der Waals surface area contributed by atoms with Gasteiger partial charge in [0.2, 0.25) is 0 Å². The van der Waals surface area contributed by atoms with Gasteiger partial charge in [-0.15, -0.1) is 0 Å². The van der Waals surface area contributed by atoms with Gasteiger partial charge in [0.15, 0.2) is 0 Å². The van der Waals surface area contributed by atoms with Gasteiger partial charge in [-0.3, -0.25) is 9.97 Å². The van der Waals surface area contributed by atoms with Gasteiger partial charge in [0.25, 0.3) is 0 Å². The van der Waals surface area contributed by atoms with Crippen LogP contribution in [0.4, 0.5) is 4.79 Å². The SMILES string of the molecule is O=C(NCCc1ccccn1)N(Cc1cccnc1)C[C@@H]1CCCO1. The Balaban J connectivity index is 1.55. The summed E-state index contributed by atoms with van der Waals surface area (Å²) in [6.45, 7) is 2.48. The fourth-order valence-electron chi connectivity index (χ4n) is 2.92. The molecule has 1 fully saturated rings. The van der Waals surface area contributed by atoms with E-state index in [1.807, 2.05) is 35.2 Å². The molecule has 25 heavy (non-hydrogen) atoms. The van der Waals surface area contributed by atoms with Gasteiger partial charge in [-0.2, -0.15) is 0 Å². The third kappa shape index (κ3) is 5.53. The van der Waals surface area contributed by atoms with Crippen LogP contribution in [-0.4, -0.2) is 46.7 Å². The maximum absolute atomic E-state index is 12.6. The number of nitrogens with zero attached hydrogens (tertiary/aromatic N) is 3. The number of urea groups is 1.